The van der Waals surface area contributed by atoms with E-state index in [2.05, 4.69) is 41.0 Å². The molecule has 0 aromatic heterocycles. The summed E-state index contributed by atoms with van der Waals surface area (Å²) in [5, 5.41) is 15.2. The Morgan fingerprint density at radius 1 is 0.852 bits per heavy atom. The second kappa shape index (κ2) is 9.33. The van der Waals surface area contributed by atoms with Gasteiger partial charge in [-0.25, -0.2) is 0 Å². The molecule has 0 saturated heterocycles. The van der Waals surface area contributed by atoms with Crippen molar-refractivity contribution in [2.75, 3.05) is 11.9 Å². The number of benzene rings is 3. The molecule has 0 unspecified atom stereocenters. The van der Waals surface area contributed by atoms with Crippen LogP contribution in [-0.4, -0.2) is 12.5 Å². The number of carbonyl (C=O) groups excluding carboxylic acids is 1. The minimum absolute atomic E-state index is 0.0371. The Morgan fingerprint density at radius 3 is 1.93 bits per heavy atom. The third-order valence-electron chi connectivity index (χ3n) is 4.26. The molecule has 3 aromatic rings. The van der Waals surface area contributed by atoms with Gasteiger partial charge in [0.25, 0.3) is 0 Å². The summed E-state index contributed by atoms with van der Waals surface area (Å²) in [5.74, 6) is -0.0629. The van der Waals surface area contributed by atoms with E-state index in [0.29, 0.717) is 24.2 Å². The molecule has 0 aliphatic rings. The molecule has 0 radical (unpaired) electrons. The standard InChI is InChI=1S/C23H21N3O/c24-17-18-11-13-21(14-12-18)26-22(27)15-16-25-23(19-7-3-1-4-8-19)20-9-5-2-6-10-20/h1-14,23,25H,15-16H2,(H,26,27). The highest BCUT2D eigenvalue weighted by atomic mass is 16.1. The van der Waals surface area contributed by atoms with E-state index in [1.807, 2.05) is 36.4 Å². The largest absolute Gasteiger partial charge is 0.326 e. The summed E-state index contributed by atoms with van der Waals surface area (Å²) in [4.78, 5) is 12.2. The number of anilines is 1. The van der Waals surface area contributed by atoms with E-state index in [0.717, 1.165) is 11.1 Å². The molecule has 0 saturated carbocycles. The lowest BCUT2D eigenvalue weighted by atomic mass is 9.98. The zero-order chi connectivity index (χ0) is 18.9. The summed E-state index contributed by atoms with van der Waals surface area (Å²) in [5.41, 5.74) is 3.59. The van der Waals surface area contributed by atoms with Crippen LogP contribution in [0.1, 0.15) is 29.2 Å². The van der Waals surface area contributed by atoms with Gasteiger partial charge >= 0.3 is 0 Å². The molecule has 1 amide bonds. The number of hydrogen-bond donors (Lipinski definition) is 2. The van der Waals surface area contributed by atoms with E-state index >= 15 is 0 Å². The molecule has 0 heterocycles. The molecule has 0 fully saturated rings. The smallest absolute Gasteiger partial charge is 0.225 e. The molecule has 134 valence electrons. The van der Waals surface area contributed by atoms with Gasteiger partial charge in [0.05, 0.1) is 17.7 Å². The maximum absolute atomic E-state index is 12.2. The fourth-order valence-electron chi connectivity index (χ4n) is 2.90. The zero-order valence-electron chi connectivity index (χ0n) is 14.9. The highest BCUT2D eigenvalue weighted by Crippen LogP contribution is 2.21. The lowest BCUT2D eigenvalue weighted by Gasteiger charge is -2.20. The molecule has 0 aliphatic heterocycles. The van der Waals surface area contributed by atoms with Gasteiger partial charge in [0.2, 0.25) is 5.91 Å². The topological polar surface area (TPSA) is 64.9 Å². The lowest BCUT2D eigenvalue weighted by Crippen LogP contribution is -2.26. The molecule has 0 bridgehead atoms. The Kier molecular flexibility index (Phi) is 6.35. The average molecular weight is 355 g/mol. The highest BCUT2D eigenvalue weighted by Gasteiger charge is 2.13. The van der Waals surface area contributed by atoms with Gasteiger partial charge in [0, 0.05) is 18.7 Å². The number of hydrogen-bond acceptors (Lipinski definition) is 3. The minimum atomic E-state index is -0.0629. The van der Waals surface area contributed by atoms with E-state index < -0.39 is 0 Å². The monoisotopic (exact) mass is 355 g/mol. The maximum Gasteiger partial charge on any atom is 0.225 e. The van der Waals surface area contributed by atoms with Crippen LogP contribution in [0, 0.1) is 11.3 Å². The van der Waals surface area contributed by atoms with Crippen molar-refractivity contribution in [1.82, 2.24) is 5.32 Å². The quantitative estimate of drug-likeness (QED) is 0.665. The van der Waals surface area contributed by atoms with Gasteiger partial charge in [-0.1, -0.05) is 60.7 Å². The Morgan fingerprint density at radius 2 is 1.41 bits per heavy atom. The summed E-state index contributed by atoms with van der Waals surface area (Å²) in [6.07, 6.45) is 0.357. The first-order valence-electron chi connectivity index (χ1n) is 8.89. The number of amides is 1. The number of nitrogens with one attached hydrogen (secondary N) is 2. The van der Waals surface area contributed by atoms with E-state index in [1.165, 1.54) is 0 Å². The third-order valence-corrected chi connectivity index (χ3v) is 4.26. The zero-order valence-corrected chi connectivity index (χ0v) is 14.9. The number of nitrogens with zero attached hydrogens (tertiary/aromatic N) is 1. The summed E-state index contributed by atoms with van der Waals surface area (Å²) < 4.78 is 0. The lowest BCUT2D eigenvalue weighted by molar-refractivity contribution is -0.116. The number of nitriles is 1. The van der Waals surface area contributed by atoms with Crippen LogP contribution >= 0.6 is 0 Å². The molecule has 0 aliphatic carbocycles. The van der Waals surface area contributed by atoms with Crippen LogP contribution < -0.4 is 10.6 Å². The van der Waals surface area contributed by atoms with E-state index in [9.17, 15) is 4.79 Å². The fraction of sp³-hybridized carbons (Fsp3) is 0.130. The second-order valence-electron chi connectivity index (χ2n) is 6.20. The van der Waals surface area contributed by atoms with Gasteiger partial charge in [-0.3, -0.25) is 4.79 Å². The van der Waals surface area contributed by atoms with Crippen molar-refractivity contribution in [2.45, 2.75) is 12.5 Å². The van der Waals surface area contributed by atoms with Crippen molar-refractivity contribution in [3.05, 3.63) is 102 Å². The van der Waals surface area contributed by atoms with Crippen molar-refractivity contribution in [2.24, 2.45) is 0 Å². The molecule has 0 spiro atoms. The van der Waals surface area contributed by atoms with E-state index in [-0.39, 0.29) is 11.9 Å². The van der Waals surface area contributed by atoms with Crippen molar-refractivity contribution in [1.29, 1.82) is 5.26 Å². The third kappa shape index (κ3) is 5.27. The molecule has 0 atom stereocenters. The average Bonchev–Trinajstić information content (AvgIpc) is 2.73. The van der Waals surface area contributed by atoms with Gasteiger partial charge < -0.3 is 10.6 Å². The van der Waals surface area contributed by atoms with Gasteiger partial charge in [-0.05, 0) is 35.4 Å². The van der Waals surface area contributed by atoms with Crippen LogP contribution in [-0.2, 0) is 4.79 Å². The first kappa shape index (κ1) is 18.4. The number of carbonyl (C=O) groups is 1. The molecular weight excluding hydrogens is 334 g/mol. The first-order valence-corrected chi connectivity index (χ1v) is 8.89. The van der Waals surface area contributed by atoms with Crippen molar-refractivity contribution in [3.63, 3.8) is 0 Å². The Bertz CT molecular complexity index is 860. The van der Waals surface area contributed by atoms with Crippen molar-refractivity contribution < 1.29 is 4.79 Å². The molecule has 3 rings (SSSR count). The predicted octanol–water partition coefficient (Wildman–Crippen LogP) is 4.27. The van der Waals surface area contributed by atoms with Crippen LogP contribution in [0.25, 0.3) is 0 Å². The Balaban J connectivity index is 1.59. The van der Waals surface area contributed by atoms with Gasteiger partial charge in [-0.2, -0.15) is 5.26 Å². The SMILES string of the molecule is N#Cc1ccc(NC(=O)CCNC(c2ccccc2)c2ccccc2)cc1. The summed E-state index contributed by atoms with van der Waals surface area (Å²) in [7, 11) is 0. The molecule has 27 heavy (non-hydrogen) atoms. The predicted molar refractivity (Wildman–Crippen MR) is 107 cm³/mol. The molecule has 3 aromatic carbocycles. The summed E-state index contributed by atoms with van der Waals surface area (Å²) in [6, 6.07) is 29.4. The molecule has 2 N–H and O–H groups in total. The molecule has 4 heteroatoms. The van der Waals surface area contributed by atoms with E-state index in [1.54, 1.807) is 24.3 Å². The van der Waals surface area contributed by atoms with Gasteiger partial charge in [0.1, 0.15) is 0 Å². The van der Waals surface area contributed by atoms with Crippen LogP contribution in [0.15, 0.2) is 84.9 Å². The van der Waals surface area contributed by atoms with Gasteiger partial charge in [0.15, 0.2) is 0 Å². The Labute approximate surface area is 159 Å². The van der Waals surface area contributed by atoms with Crippen LogP contribution in [0.2, 0.25) is 0 Å². The van der Waals surface area contributed by atoms with Gasteiger partial charge in [-0.15, -0.1) is 0 Å². The Hall–Kier alpha value is -3.42. The van der Waals surface area contributed by atoms with E-state index in [4.69, 9.17) is 5.26 Å². The minimum Gasteiger partial charge on any atom is -0.326 e. The van der Waals surface area contributed by atoms with Crippen LogP contribution in [0.4, 0.5) is 5.69 Å². The number of rotatable bonds is 7. The second-order valence-corrected chi connectivity index (χ2v) is 6.20. The van der Waals surface area contributed by atoms with Crippen molar-refractivity contribution >= 4 is 11.6 Å². The fourth-order valence-corrected chi connectivity index (χ4v) is 2.90. The molecule has 4 nitrogen and oxygen atoms in total. The first-order chi connectivity index (χ1) is 13.3. The molecular formula is C23H21N3O. The summed E-state index contributed by atoms with van der Waals surface area (Å²) in [6.45, 7) is 0.552. The normalized spacial score (nSPS) is 10.4. The van der Waals surface area contributed by atoms with Crippen LogP contribution in [0.3, 0.4) is 0 Å². The summed E-state index contributed by atoms with van der Waals surface area (Å²) >= 11 is 0. The van der Waals surface area contributed by atoms with Crippen molar-refractivity contribution in [3.8, 4) is 6.07 Å². The van der Waals surface area contributed by atoms with Crippen LogP contribution in [0.5, 0.6) is 0 Å². The highest BCUT2D eigenvalue weighted by molar-refractivity contribution is 5.90. The maximum atomic E-state index is 12.2.